The van der Waals surface area contributed by atoms with Crippen LogP contribution in [0.4, 0.5) is 30.7 Å². The van der Waals surface area contributed by atoms with Crippen molar-refractivity contribution in [1.82, 2.24) is 9.78 Å². The second kappa shape index (κ2) is 11.7. The molecule has 5 aromatic rings. The molecule has 0 atom stereocenters. The van der Waals surface area contributed by atoms with Crippen molar-refractivity contribution < 1.29 is 44.9 Å². The predicted molar refractivity (Wildman–Crippen MR) is 145 cm³/mol. The fourth-order valence-electron chi connectivity index (χ4n) is 4.57. The number of ether oxygens (including phenoxy) is 3. The van der Waals surface area contributed by atoms with Gasteiger partial charge in [0.15, 0.2) is 0 Å². The normalized spacial score (nSPS) is 12.0. The lowest BCUT2D eigenvalue weighted by molar-refractivity contribution is -0.274. The van der Waals surface area contributed by atoms with E-state index in [2.05, 4.69) is 9.84 Å². The maximum Gasteiger partial charge on any atom is 0.573 e. The van der Waals surface area contributed by atoms with E-state index in [9.17, 15) is 30.7 Å². The van der Waals surface area contributed by atoms with Crippen LogP contribution in [0.15, 0.2) is 78.9 Å². The molecule has 0 unspecified atom stereocenters. The maximum absolute atomic E-state index is 14.7. The van der Waals surface area contributed by atoms with Gasteiger partial charge in [0.25, 0.3) is 0 Å². The second-order valence-electron chi connectivity index (χ2n) is 9.28. The zero-order valence-corrected chi connectivity index (χ0v) is 22.8. The van der Waals surface area contributed by atoms with Crippen molar-refractivity contribution in [3.63, 3.8) is 0 Å². The van der Waals surface area contributed by atoms with Crippen LogP contribution in [0.1, 0.15) is 16.7 Å². The first kappa shape index (κ1) is 30.0. The van der Waals surface area contributed by atoms with E-state index < -0.39 is 29.7 Å². The number of alkyl halides is 6. The van der Waals surface area contributed by atoms with Crippen LogP contribution in [-0.4, -0.2) is 23.3 Å². The summed E-state index contributed by atoms with van der Waals surface area (Å²) < 4.78 is 111. The van der Waals surface area contributed by atoms with E-state index in [1.165, 1.54) is 48.2 Å². The van der Waals surface area contributed by atoms with Crippen molar-refractivity contribution in [3.8, 4) is 28.5 Å². The monoisotopic (exact) mass is 624 g/mol. The van der Waals surface area contributed by atoms with Crippen LogP contribution < -0.4 is 14.2 Å². The van der Waals surface area contributed by atoms with Gasteiger partial charge in [-0.15, -0.1) is 13.2 Å². The number of nitrogens with zero attached hydrogens (tertiary/aromatic N) is 2. The Hall–Kier alpha value is -4.45. The Labute approximate surface area is 245 Å². The third-order valence-electron chi connectivity index (χ3n) is 6.40. The number of methoxy groups -OCH3 is 1. The molecule has 0 aliphatic carbocycles. The van der Waals surface area contributed by atoms with Gasteiger partial charge in [-0.2, -0.15) is 18.3 Å². The van der Waals surface area contributed by atoms with Crippen LogP contribution in [0.25, 0.3) is 22.2 Å². The molecule has 0 saturated heterocycles. The Morgan fingerprint density at radius 3 is 2.30 bits per heavy atom. The highest BCUT2D eigenvalue weighted by Crippen LogP contribution is 2.39. The van der Waals surface area contributed by atoms with E-state index in [-0.39, 0.29) is 57.4 Å². The summed E-state index contributed by atoms with van der Waals surface area (Å²) in [5, 5.41) is 4.56. The van der Waals surface area contributed by atoms with Crippen LogP contribution in [0.5, 0.6) is 17.2 Å². The summed E-state index contributed by atoms with van der Waals surface area (Å²) in [4.78, 5) is 0. The summed E-state index contributed by atoms with van der Waals surface area (Å²) >= 11 is 5.86. The van der Waals surface area contributed by atoms with E-state index in [1.54, 1.807) is 18.2 Å². The fourth-order valence-corrected chi connectivity index (χ4v) is 4.73. The van der Waals surface area contributed by atoms with Gasteiger partial charge in [-0.05, 0) is 48.5 Å². The third kappa shape index (κ3) is 6.80. The van der Waals surface area contributed by atoms with Crippen molar-refractivity contribution in [2.45, 2.75) is 25.7 Å². The minimum atomic E-state index is -4.90. The molecule has 4 aromatic carbocycles. The molecule has 13 heteroatoms. The number of fused-ring (bicyclic) bond motifs is 1. The summed E-state index contributed by atoms with van der Waals surface area (Å²) in [5.74, 6) is -0.630. The Morgan fingerprint density at radius 1 is 0.837 bits per heavy atom. The van der Waals surface area contributed by atoms with Gasteiger partial charge >= 0.3 is 12.5 Å². The van der Waals surface area contributed by atoms with Gasteiger partial charge in [0.2, 0.25) is 0 Å². The lowest BCUT2D eigenvalue weighted by Gasteiger charge is -2.14. The summed E-state index contributed by atoms with van der Waals surface area (Å²) in [7, 11) is 1.34. The average Bonchev–Trinajstić information content (AvgIpc) is 3.30. The van der Waals surface area contributed by atoms with E-state index in [4.69, 9.17) is 21.1 Å². The highest BCUT2D eigenvalue weighted by atomic mass is 35.5. The van der Waals surface area contributed by atoms with Gasteiger partial charge in [-0.3, -0.25) is 4.68 Å². The maximum atomic E-state index is 14.7. The van der Waals surface area contributed by atoms with Gasteiger partial charge in [0, 0.05) is 27.1 Å². The first-order valence-corrected chi connectivity index (χ1v) is 12.9. The molecule has 0 bridgehead atoms. The van der Waals surface area contributed by atoms with Crippen molar-refractivity contribution in [2.75, 3.05) is 7.11 Å². The third-order valence-corrected chi connectivity index (χ3v) is 6.63. The molecule has 1 heterocycles. The highest BCUT2D eigenvalue weighted by Gasteiger charge is 2.35. The molecule has 0 amide bonds. The zero-order valence-electron chi connectivity index (χ0n) is 22.1. The molecular weight excluding hydrogens is 605 g/mol. The number of benzene rings is 4. The highest BCUT2D eigenvalue weighted by molar-refractivity contribution is 6.30. The van der Waals surface area contributed by atoms with E-state index in [1.807, 2.05) is 0 Å². The minimum absolute atomic E-state index is 0.146. The number of halogens is 8. The predicted octanol–water partition coefficient (Wildman–Crippen LogP) is 9.05. The molecule has 0 radical (unpaired) electrons. The van der Waals surface area contributed by atoms with Crippen molar-refractivity contribution in [3.05, 3.63) is 106 Å². The molecule has 0 fully saturated rings. The molecule has 5 rings (SSSR count). The lowest BCUT2D eigenvalue weighted by Crippen LogP contribution is -2.17. The fraction of sp³-hybridized carbons (Fsp3) is 0.167. The molecule has 0 aliphatic rings. The second-order valence-corrected chi connectivity index (χ2v) is 9.72. The quantitative estimate of drug-likeness (QED) is 0.162. The van der Waals surface area contributed by atoms with Crippen LogP contribution in [0.3, 0.4) is 0 Å². The summed E-state index contributed by atoms with van der Waals surface area (Å²) in [6, 6.07) is 17.5. The summed E-state index contributed by atoms with van der Waals surface area (Å²) in [6.07, 6.45) is -9.59. The molecule has 0 spiro atoms. The lowest BCUT2D eigenvalue weighted by atomic mass is 10.0. The van der Waals surface area contributed by atoms with E-state index in [0.29, 0.717) is 5.56 Å². The van der Waals surface area contributed by atoms with Crippen molar-refractivity contribution in [1.29, 1.82) is 0 Å². The van der Waals surface area contributed by atoms with Gasteiger partial charge in [-0.1, -0.05) is 41.9 Å². The molecule has 5 nitrogen and oxygen atoms in total. The van der Waals surface area contributed by atoms with Crippen LogP contribution in [0, 0.1) is 5.82 Å². The molecule has 0 N–H and O–H groups in total. The van der Waals surface area contributed by atoms with Gasteiger partial charge in [0.1, 0.15) is 35.2 Å². The van der Waals surface area contributed by atoms with Crippen LogP contribution in [0.2, 0.25) is 5.02 Å². The SMILES string of the molecule is COc1ccc(OC(F)(F)F)cc1COc1cccc(-c2c3cccc(C(F)(F)F)c3nn2Cc2ccc(Cl)cc2F)c1. The number of hydrogen-bond acceptors (Lipinski definition) is 4. The van der Waals surface area contributed by atoms with Gasteiger partial charge < -0.3 is 14.2 Å². The Bertz CT molecular complexity index is 1780. The summed E-state index contributed by atoms with van der Waals surface area (Å²) in [6.45, 7) is -0.436. The Kier molecular flexibility index (Phi) is 8.15. The average molecular weight is 625 g/mol. The molecule has 0 saturated carbocycles. The van der Waals surface area contributed by atoms with Crippen molar-refractivity contribution in [2.24, 2.45) is 0 Å². The number of rotatable bonds is 8. The largest absolute Gasteiger partial charge is 0.573 e. The molecule has 1 aromatic heterocycles. The van der Waals surface area contributed by atoms with Crippen LogP contribution >= 0.6 is 11.6 Å². The van der Waals surface area contributed by atoms with Crippen molar-refractivity contribution >= 4 is 22.5 Å². The number of hydrogen-bond donors (Lipinski definition) is 0. The standard InChI is InChI=1S/C30H20ClF7N2O3/c1-41-26-11-10-22(43-30(36,37)38)13-19(26)16-42-21-5-2-4-17(12-21)28-23-6-3-7-24(29(33,34)35)27(23)39-40(28)15-18-8-9-20(31)14-25(18)32/h2-14H,15-16H2,1H3. The van der Waals surface area contributed by atoms with E-state index >= 15 is 0 Å². The van der Waals surface area contributed by atoms with E-state index in [0.717, 1.165) is 24.3 Å². The Morgan fingerprint density at radius 2 is 1.60 bits per heavy atom. The molecule has 0 aliphatic heterocycles. The number of aromatic nitrogens is 2. The molecular formula is C30H20ClF7N2O3. The first-order chi connectivity index (χ1) is 20.3. The first-order valence-electron chi connectivity index (χ1n) is 12.5. The van der Waals surface area contributed by atoms with Gasteiger partial charge in [0.05, 0.1) is 24.9 Å². The molecule has 224 valence electrons. The zero-order chi connectivity index (χ0) is 30.9. The van der Waals surface area contributed by atoms with Gasteiger partial charge in [-0.25, -0.2) is 4.39 Å². The smallest absolute Gasteiger partial charge is 0.496 e. The molecule has 43 heavy (non-hydrogen) atoms. The van der Waals surface area contributed by atoms with Crippen LogP contribution in [-0.2, 0) is 19.3 Å². The minimum Gasteiger partial charge on any atom is -0.496 e. The Balaban J connectivity index is 1.54. The summed E-state index contributed by atoms with van der Waals surface area (Å²) in [5.41, 5.74) is -0.224. The topological polar surface area (TPSA) is 45.5 Å².